The normalized spacial score (nSPS) is 11.7. The molecule has 0 saturated carbocycles. The Kier molecular flexibility index (Phi) is 2.58. The van der Waals surface area contributed by atoms with Gasteiger partial charge < -0.3 is 0 Å². The zero-order chi connectivity index (χ0) is 10.7. The summed E-state index contributed by atoms with van der Waals surface area (Å²) < 4.78 is 26.5. The summed E-state index contributed by atoms with van der Waals surface area (Å²) in [4.78, 5) is 0. The van der Waals surface area contributed by atoms with Gasteiger partial charge in [-0.15, -0.1) is 0 Å². The average Bonchev–Trinajstić information content (AvgIpc) is 2.71. The second-order valence-corrected chi connectivity index (χ2v) is 2.96. The molecule has 0 fully saturated rings. The zero-order valence-corrected chi connectivity index (χ0v) is 7.77. The summed E-state index contributed by atoms with van der Waals surface area (Å²) in [7, 11) is 0. The van der Waals surface area contributed by atoms with Crippen molar-refractivity contribution in [3.8, 4) is 0 Å². The van der Waals surface area contributed by atoms with E-state index in [4.69, 9.17) is 0 Å². The predicted octanol–water partition coefficient (Wildman–Crippen LogP) is 1.17. The molecule has 1 heterocycles. The maximum absolute atomic E-state index is 12.5. The van der Waals surface area contributed by atoms with Gasteiger partial charge in [-0.05, 0) is 12.1 Å². The Balaban J connectivity index is 2.69. The molecule has 0 spiro atoms. The Morgan fingerprint density at radius 3 is 2.67 bits per heavy atom. The lowest BCUT2D eigenvalue weighted by atomic mass is 10.2. The molecule has 4 heteroatoms. The Morgan fingerprint density at radius 1 is 1.20 bits per heavy atom. The van der Waals surface area contributed by atoms with Gasteiger partial charge in [0.2, 0.25) is 0 Å². The van der Waals surface area contributed by atoms with Crippen molar-refractivity contribution < 1.29 is 8.78 Å². The summed E-state index contributed by atoms with van der Waals surface area (Å²) in [6.07, 6.45) is 3.14. The van der Waals surface area contributed by atoms with Crippen LogP contribution in [0, 0.1) is 0 Å². The van der Waals surface area contributed by atoms with Gasteiger partial charge in [-0.1, -0.05) is 18.2 Å². The lowest BCUT2D eigenvalue weighted by molar-refractivity contribution is 0.541. The van der Waals surface area contributed by atoms with Gasteiger partial charge in [-0.2, -0.15) is 13.9 Å². The van der Waals surface area contributed by atoms with Crippen LogP contribution in [0.15, 0.2) is 42.7 Å². The molecular formula is C11H8F2N2. The maximum atomic E-state index is 12.5. The van der Waals surface area contributed by atoms with E-state index in [-0.39, 0.29) is 5.22 Å². The average molecular weight is 206 g/mol. The van der Waals surface area contributed by atoms with E-state index >= 15 is 0 Å². The molecule has 2 aromatic rings. The number of aromatic nitrogens is 2. The van der Waals surface area contributed by atoms with Crippen LogP contribution in [0.4, 0.5) is 8.78 Å². The van der Waals surface area contributed by atoms with Crippen molar-refractivity contribution in [2.24, 2.45) is 0 Å². The summed E-state index contributed by atoms with van der Waals surface area (Å²) in [6, 6.07) is 8.02. The van der Waals surface area contributed by atoms with E-state index in [1.807, 2.05) is 0 Å². The van der Waals surface area contributed by atoms with Crippen molar-refractivity contribution in [1.82, 2.24) is 9.78 Å². The quantitative estimate of drug-likeness (QED) is 0.685. The number of hydrogen-bond acceptors (Lipinski definition) is 1. The van der Waals surface area contributed by atoms with Gasteiger partial charge in [0.15, 0.2) is 0 Å². The highest BCUT2D eigenvalue weighted by molar-refractivity contribution is 5.33. The molecule has 0 atom stereocenters. The summed E-state index contributed by atoms with van der Waals surface area (Å²) in [5.74, 6) is 0. The molecular weight excluding hydrogens is 198 g/mol. The van der Waals surface area contributed by atoms with Crippen LogP contribution in [0.5, 0.6) is 0 Å². The number of rotatable bonds is 1. The number of nitrogens with zero attached hydrogens (tertiary/aromatic N) is 2. The molecule has 0 unspecified atom stereocenters. The SMILES string of the molecule is FC(F)=c1cccc/c1=C/n1cccn1. The molecule has 0 bridgehead atoms. The minimum atomic E-state index is -1.69. The summed E-state index contributed by atoms with van der Waals surface area (Å²) in [5, 5.41) is 4.30. The standard InChI is InChI=1S/C11H8F2N2/c12-11(13)10-5-2-1-4-9(10)8-15-7-3-6-14-15/h1-8H/b9-8-. The van der Waals surface area contributed by atoms with E-state index < -0.39 is 6.08 Å². The molecule has 2 rings (SSSR count). The van der Waals surface area contributed by atoms with Gasteiger partial charge in [0, 0.05) is 29.0 Å². The Hall–Kier alpha value is -1.97. The third kappa shape index (κ3) is 2.10. The Morgan fingerprint density at radius 2 is 2.00 bits per heavy atom. The first kappa shape index (κ1) is 9.58. The van der Waals surface area contributed by atoms with Crippen LogP contribution in [0.2, 0.25) is 0 Å². The largest absolute Gasteiger partial charge is 0.278 e. The third-order valence-corrected chi connectivity index (χ3v) is 1.96. The van der Waals surface area contributed by atoms with Crippen molar-refractivity contribution in [3.05, 3.63) is 53.2 Å². The number of hydrogen-bond donors (Lipinski definition) is 0. The van der Waals surface area contributed by atoms with E-state index in [0.29, 0.717) is 5.22 Å². The van der Waals surface area contributed by atoms with Gasteiger partial charge in [0.05, 0.1) is 0 Å². The van der Waals surface area contributed by atoms with Crippen LogP contribution in [-0.2, 0) is 0 Å². The maximum Gasteiger partial charge on any atom is 0.278 e. The minimum Gasteiger partial charge on any atom is -0.248 e. The fourth-order valence-corrected chi connectivity index (χ4v) is 1.28. The smallest absolute Gasteiger partial charge is 0.248 e. The van der Waals surface area contributed by atoms with E-state index in [1.54, 1.807) is 42.9 Å². The first-order chi connectivity index (χ1) is 7.27. The molecule has 0 aliphatic heterocycles. The van der Waals surface area contributed by atoms with Crippen LogP contribution in [0.1, 0.15) is 0 Å². The molecule has 0 aliphatic carbocycles. The molecule has 2 nitrogen and oxygen atoms in total. The lowest BCUT2D eigenvalue weighted by Gasteiger charge is -1.91. The van der Waals surface area contributed by atoms with Gasteiger partial charge in [0.1, 0.15) is 0 Å². The van der Waals surface area contributed by atoms with Crippen LogP contribution >= 0.6 is 0 Å². The zero-order valence-electron chi connectivity index (χ0n) is 7.77. The highest BCUT2D eigenvalue weighted by atomic mass is 19.3. The van der Waals surface area contributed by atoms with Crippen molar-refractivity contribution in [2.45, 2.75) is 0 Å². The minimum absolute atomic E-state index is 0.0620. The second kappa shape index (κ2) is 4.04. The van der Waals surface area contributed by atoms with E-state index in [1.165, 1.54) is 10.7 Å². The monoisotopic (exact) mass is 206 g/mol. The van der Waals surface area contributed by atoms with Gasteiger partial charge in [0.25, 0.3) is 6.08 Å². The molecule has 76 valence electrons. The third-order valence-electron chi connectivity index (χ3n) is 1.96. The van der Waals surface area contributed by atoms with Crippen molar-refractivity contribution in [1.29, 1.82) is 0 Å². The van der Waals surface area contributed by atoms with Crippen LogP contribution in [0.25, 0.3) is 12.3 Å². The van der Waals surface area contributed by atoms with E-state index in [0.717, 1.165) is 0 Å². The summed E-state index contributed by atoms with van der Waals surface area (Å²) in [5.41, 5.74) is 0. The Bertz CT molecular complexity index is 555. The molecule has 1 aromatic heterocycles. The number of halogens is 2. The fourth-order valence-electron chi connectivity index (χ4n) is 1.28. The van der Waals surface area contributed by atoms with E-state index in [9.17, 15) is 8.78 Å². The van der Waals surface area contributed by atoms with Gasteiger partial charge >= 0.3 is 0 Å². The highest BCUT2D eigenvalue weighted by Crippen LogP contribution is 1.92. The summed E-state index contributed by atoms with van der Waals surface area (Å²) >= 11 is 0. The lowest BCUT2D eigenvalue weighted by Crippen LogP contribution is -2.25. The van der Waals surface area contributed by atoms with Crippen molar-refractivity contribution in [2.75, 3.05) is 0 Å². The Labute approximate surface area is 84.8 Å². The van der Waals surface area contributed by atoms with Crippen molar-refractivity contribution in [3.63, 3.8) is 0 Å². The highest BCUT2D eigenvalue weighted by Gasteiger charge is 1.93. The molecule has 1 aromatic carbocycles. The summed E-state index contributed by atoms with van der Waals surface area (Å²) in [6.45, 7) is 0. The topological polar surface area (TPSA) is 17.8 Å². The van der Waals surface area contributed by atoms with Gasteiger partial charge in [-0.25, -0.2) is 4.68 Å². The molecule has 0 aliphatic rings. The van der Waals surface area contributed by atoms with Crippen LogP contribution in [-0.4, -0.2) is 9.78 Å². The molecule has 0 radical (unpaired) electrons. The predicted molar refractivity (Wildman–Crippen MR) is 53.4 cm³/mol. The van der Waals surface area contributed by atoms with Crippen molar-refractivity contribution >= 4 is 12.3 Å². The molecule has 15 heavy (non-hydrogen) atoms. The first-order valence-corrected chi connectivity index (χ1v) is 4.39. The van der Waals surface area contributed by atoms with Crippen LogP contribution < -0.4 is 10.4 Å². The number of benzene rings is 1. The van der Waals surface area contributed by atoms with E-state index in [2.05, 4.69) is 5.10 Å². The fraction of sp³-hybridized carbons (Fsp3) is 0. The molecule has 0 amide bonds. The van der Waals surface area contributed by atoms with Crippen LogP contribution in [0.3, 0.4) is 0 Å². The molecule has 0 N–H and O–H groups in total. The first-order valence-electron chi connectivity index (χ1n) is 4.39. The second-order valence-electron chi connectivity index (χ2n) is 2.96. The molecule has 0 saturated heterocycles. The van der Waals surface area contributed by atoms with Gasteiger partial charge in [-0.3, -0.25) is 0 Å².